The van der Waals surface area contributed by atoms with E-state index in [9.17, 15) is 0 Å². The second kappa shape index (κ2) is 5.74. The van der Waals surface area contributed by atoms with Crippen LogP contribution in [0.1, 0.15) is 39.7 Å². The highest BCUT2D eigenvalue weighted by Gasteiger charge is 2.13. The number of thiazole rings is 1. The highest BCUT2D eigenvalue weighted by molar-refractivity contribution is 7.14. The predicted molar refractivity (Wildman–Crippen MR) is 85.0 cm³/mol. The van der Waals surface area contributed by atoms with Crippen molar-refractivity contribution in [3.05, 3.63) is 35.2 Å². The lowest BCUT2D eigenvalue weighted by Gasteiger charge is -2.18. The molecule has 0 spiro atoms. The highest BCUT2D eigenvalue weighted by atomic mass is 32.1. The van der Waals surface area contributed by atoms with Gasteiger partial charge in [-0.25, -0.2) is 4.98 Å². The Bertz CT molecular complexity index is 520. The molecule has 0 radical (unpaired) electrons. The zero-order chi connectivity index (χ0) is 13.9. The number of anilines is 1. The van der Waals surface area contributed by atoms with Gasteiger partial charge in [0.25, 0.3) is 0 Å². The van der Waals surface area contributed by atoms with E-state index in [0.717, 1.165) is 23.8 Å². The molecule has 2 aromatic rings. The van der Waals surface area contributed by atoms with Crippen LogP contribution >= 0.6 is 11.3 Å². The van der Waals surface area contributed by atoms with E-state index in [-0.39, 0.29) is 5.41 Å². The number of rotatable bonds is 4. The molecule has 0 aliphatic heterocycles. The van der Waals surface area contributed by atoms with Gasteiger partial charge in [0, 0.05) is 17.5 Å². The molecule has 3 heteroatoms. The molecule has 0 saturated heterocycles. The van der Waals surface area contributed by atoms with Gasteiger partial charge in [0.05, 0.1) is 5.69 Å². The Labute approximate surface area is 119 Å². The number of hydrogen-bond acceptors (Lipinski definition) is 3. The normalized spacial score (nSPS) is 11.6. The van der Waals surface area contributed by atoms with Gasteiger partial charge in [0.1, 0.15) is 0 Å². The van der Waals surface area contributed by atoms with Crippen LogP contribution in [0.2, 0.25) is 0 Å². The first-order valence-electron chi connectivity index (χ1n) is 6.81. The summed E-state index contributed by atoms with van der Waals surface area (Å²) in [6, 6.07) is 8.74. The molecule has 1 N–H and O–H groups in total. The highest BCUT2D eigenvalue weighted by Crippen LogP contribution is 2.28. The second-order valence-electron chi connectivity index (χ2n) is 5.79. The summed E-state index contributed by atoms with van der Waals surface area (Å²) in [7, 11) is 0. The molecular weight excluding hydrogens is 252 g/mol. The molecular formula is C16H22N2S. The van der Waals surface area contributed by atoms with Crippen molar-refractivity contribution in [2.75, 3.05) is 11.9 Å². The molecule has 1 aromatic heterocycles. The van der Waals surface area contributed by atoms with E-state index in [1.165, 1.54) is 11.1 Å². The molecule has 0 atom stereocenters. The summed E-state index contributed by atoms with van der Waals surface area (Å²) < 4.78 is 0. The fourth-order valence-corrected chi connectivity index (χ4v) is 2.61. The smallest absolute Gasteiger partial charge is 0.183 e. The van der Waals surface area contributed by atoms with E-state index in [0.29, 0.717) is 0 Å². The third kappa shape index (κ3) is 3.57. The largest absolute Gasteiger partial charge is 0.362 e. The van der Waals surface area contributed by atoms with Crippen molar-refractivity contribution in [1.82, 2.24) is 4.98 Å². The Morgan fingerprint density at radius 3 is 2.42 bits per heavy atom. The average Bonchev–Trinajstić information content (AvgIpc) is 2.84. The van der Waals surface area contributed by atoms with Gasteiger partial charge in [-0.15, -0.1) is 11.3 Å². The van der Waals surface area contributed by atoms with Crippen molar-refractivity contribution in [3.8, 4) is 11.3 Å². The zero-order valence-corrected chi connectivity index (χ0v) is 13.0. The summed E-state index contributed by atoms with van der Waals surface area (Å²) in [6.45, 7) is 9.84. The van der Waals surface area contributed by atoms with Crippen molar-refractivity contribution >= 4 is 16.5 Å². The Balaban J connectivity index is 2.16. The Kier molecular flexibility index (Phi) is 4.25. The van der Waals surface area contributed by atoms with Crippen LogP contribution in [0.25, 0.3) is 11.3 Å². The first-order chi connectivity index (χ1) is 9.00. The van der Waals surface area contributed by atoms with Crippen molar-refractivity contribution in [2.24, 2.45) is 0 Å². The molecule has 1 aromatic carbocycles. The molecule has 0 amide bonds. The maximum absolute atomic E-state index is 4.62. The molecule has 2 nitrogen and oxygen atoms in total. The van der Waals surface area contributed by atoms with Crippen molar-refractivity contribution in [1.29, 1.82) is 0 Å². The SMILES string of the molecule is CCCNc1nc(-c2ccc(C(C)(C)C)cc2)cs1. The lowest BCUT2D eigenvalue weighted by Crippen LogP contribution is -2.10. The van der Waals surface area contributed by atoms with Gasteiger partial charge in [-0.05, 0) is 17.4 Å². The molecule has 0 unspecified atom stereocenters. The molecule has 2 rings (SSSR count). The second-order valence-corrected chi connectivity index (χ2v) is 6.65. The Morgan fingerprint density at radius 2 is 1.84 bits per heavy atom. The van der Waals surface area contributed by atoms with Gasteiger partial charge < -0.3 is 5.32 Å². The summed E-state index contributed by atoms with van der Waals surface area (Å²) in [5.74, 6) is 0. The fourth-order valence-electron chi connectivity index (χ4n) is 1.86. The fraction of sp³-hybridized carbons (Fsp3) is 0.438. The number of nitrogens with one attached hydrogen (secondary N) is 1. The maximum Gasteiger partial charge on any atom is 0.183 e. The van der Waals surface area contributed by atoms with Crippen molar-refractivity contribution < 1.29 is 0 Å². The van der Waals surface area contributed by atoms with Gasteiger partial charge in [-0.1, -0.05) is 52.0 Å². The van der Waals surface area contributed by atoms with Crippen LogP contribution in [0, 0.1) is 0 Å². The third-order valence-corrected chi connectivity index (χ3v) is 3.88. The lowest BCUT2D eigenvalue weighted by molar-refractivity contribution is 0.590. The van der Waals surface area contributed by atoms with E-state index in [1.54, 1.807) is 11.3 Å². The van der Waals surface area contributed by atoms with Gasteiger partial charge in [-0.2, -0.15) is 0 Å². The monoisotopic (exact) mass is 274 g/mol. The minimum Gasteiger partial charge on any atom is -0.362 e. The van der Waals surface area contributed by atoms with Gasteiger partial charge in [-0.3, -0.25) is 0 Å². The van der Waals surface area contributed by atoms with Crippen LogP contribution in [0.4, 0.5) is 5.13 Å². The van der Waals surface area contributed by atoms with Crippen molar-refractivity contribution in [2.45, 2.75) is 39.5 Å². The molecule has 102 valence electrons. The van der Waals surface area contributed by atoms with E-state index in [4.69, 9.17) is 0 Å². The molecule has 0 aliphatic rings. The zero-order valence-electron chi connectivity index (χ0n) is 12.2. The van der Waals surface area contributed by atoms with Crippen LogP contribution in [-0.2, 0) is 5.41 Å². The van der Waals surface area contributed by atoms with Crippen LogP contribution in [-0.4, -0.2) is 11.5 Å². The van der Waals surface area contributed by atoms with Gasteiger partial charge in [0.2, 0.25) is 0 Å². The van der Waals surface area contributed by atoms with Gasteiger partial charge in [0.15, 0.2) is 5.13 Å². The first kappa shape index (κ1) is 14.1. The minimum atomic E-state index is 0.203. The van der Waals surface area contributed by atoms with Crippen LogP contribution < -0.4 is 5.32 Å². The molecule has 19 heavy (non-hydrogen) atoms. The standard InChI is InChI=1S/C16H22N2S/c1-5-10-17-15-18-14(11-19-15)12-6-8-13(9-7-12)16(2,3)4/h6-9,11H,5,10H2,1-4H3,(H,17,18). The Hall–Kier alpha value is -1.35. The maximum atomic E-state index is 4.62. The summed E-state index contributed by atoms with van der Waals surface area (Å²) in [5.41, 5.74) is 3.81. The van der Waals surface area contributed by atoms with Crippen LogP contribution in [0.3, 0.4) is 0 Å². The molecule has 0 saturated carbocycles. The molecule has 1 heterocycles. The van der Waals surface area contributed by atoms with Crippen LogP contribution in [0.5, 0.6) is 0 Å². The van der Waals surface area contributed by atoms with E-state index < -0.39 is 0 Å². The Morgan fingerprint density at radius 1 is 1.16 bits per heavy atom. The minimum absolute atomic E-state index is 0.203. The third-order valence-electron chi connectivity index (χ3n) is 3.08. The number of aromatic nitrogens is 1. The lowest BCUT2D eigenvalue weighted by atomic mass is 9.86. The van der Waals surface area contributed by atoms with E-state index >= 15 is 0 Å². The molecule has 0 aliphatic carbocycles. The summed E-state index contributed by atoms with van der Waals surface area (Å²) >= 11 is 1.67. The number of nitrogens with zero attached hydrogens (tertiary/aromatic N) is 1. The average molecular weight is 274 g/mol. The quantitative estimate of drug-likeness (QED) is 0.855. The van der Waals surface area contributed by atoms with Gasteiger partial charge >= 0.3 is 0 Å². The van der Waals surface area contributed by atoms with Crippen LogP contribution in [0.15, 0.2) is 29.6 Å². The van der Waals surface area contributed by atoms with E-state index in [2.05, 4.69) is 67.6 Å². The summed E-state index contributed by atoms with van der Waals surface area (Å²) in [5, 5.41) is 6.45. The molecule has 0 bridgehead atoms. The van der Waals surface area contributed by atoms with E-state index in [1.807, 2.05) is 0 Å². The summed E-state index contributed by atoms with van der Waals surface area (Å²) in [6.07, 6.45) is 1.12. The number of benzene rings is 1. The topological polar surface area (TPSA) is 24.9 Å². The molecule has 0 fully saturated rings. The van der Waals surface area contributed by atoms with Crippen molar-refractivity contribution in [3.63, 3.8) is 0 Å². The predicted octanol–water partition coefficient (Wildman–Crippen LogP) is 4.93. The summed E-state index contributed by atoms with van der Waals surface area (Å²) in [4.78, 5) is 4.62. The first-order valence-corrected chi connectivity index (χ1v) is 7.69. The number of hydrogen-bond donors (Lipinski definition) is 1.